The van der Waals surface area contributed by atoms with E-state index in [0.29, 0.717) is 0 Å². The van der Waals surface area contributed by atoms with Crippen LogP contribution in [0.1, 0.15) is 16.7 Å². The van der Waals surface area contributed by atoms with Crippen molar-refractivity contribution in [3.63, 3.8) is 0 Å². The zero-order chi connectivity index (χ0) is 11.7. The van der Waals surface area contributed by atoms with E-state index in [0.717, 1.165) is 16.5 Å². The number of benzene rings is 2. The van der Waals surface area contributed by atoms with E-state index >= 15 is 0 Å². The molecule has 82 valence electrons. The van der Waals surface area contributed by atoms with Crippen LogP contribution in [0.4, 0.5) is 0 Å². The fourth-order valence-electron chi connectivity index (χ4n) is 1.92. The number of nitrogens with two attached hydrogens (primary N) is 1. The molecular formula is C13H14N2O. The first-order valence-electron chi connectivity index (χ1n) is 5.11. The molecule has 0 amide bonds. The van der Waals surface area contributed by atoms with Gasteiger partial charge in [-0.1, -0.05) is 29.4 Å². The van der Waals surface area contributed by atoms with Crippen LogP contribution >= 0.6 is 0 Å². The Morgan fingerprint density at radius 3 is 2.62 bits per heavy atom. The Labute approximate surface area is 94.2 Å². The Bertz CT molecular complexity index is 573. The molecule has 0 aromatic heterocycles. The van der Waals surface area contributed by atoms with Crippen LogP contribution < -0.4 is 5.73 Å². The molecule has 3 heteroatoms. The summed E-state index contributed by atoms with van der Waals surface area (Å²) >= 11 is 0. The Morgan fingerprint density at radius 1 is 1.19 bits per heavy atom. The third kappa shape index (κ3) is 1.60. The molecule has 16 heavy (non-hydrogen) atoms. The monoisotopic (exact) mass is 214 g/mol. The molecule has 0 saturated carbocycles. The number of hydrogen-bond donors (Lipinski definition) is 2. The fourth-order valence-corrected chi connectivity index (χ4v) is 1.92. The molecule has 0 bridgehead atoms. The Hall–Kier alpha value is -2.03. The van der Waals surface area contributed by atoms with Crippen LogP contribution in [0.5, 0.6) is 0 Å². The van der Waals surface area contributed by atoms with Gasteiger partial charge in [-0.15, -0.1) is 0 Å². The molecule has 2 rings (SSSR count). The summed E-state index contributed by atoms with van der Waals surface area (Å²) < 4.78 is 0. The molecule has 3 nitrogen and oxygen atoms in total. The van der Waals surface area contributed by atoms with Gasteiger partial charge in [0.15, 0.2) is 5.84 Å². The highest BCUT2D eigenvalue weighted by molar-refractivity contribution is 6.02. The van der Waals surface area contributed by atoms with Crippen molar-refractivity contribution >= 4 is 16.6 Å². The number of oxime groups is 1. The number of amidine groups is 1. The van der Waals surface area contributed by atoms with Crippen LogP contribution in [0.25, 0.3) is 10.8 Å². The van der Waals surface area contributed by atoms with E-state index in [1.54, 1.807) is 0 Å². The van der Waals surface area contributed by atoms with Gasteiger partial charge in [0.1, 0.15) is 0 Å². The maximum Gasteiger partial charge on any atom is 0.170 e. The second-order valence-electron chi connectivity index (χ2n) is 3.95. The number of hydrogen-bond acceptors (Lipinski definition) is 2. The van der Waals surface area contributed by atoms with Gasteiger partial charge >= 0.3 is 0 Å². The van der Waals surface area contributed by atoms with Gasteiger partial charge in [-0.3, -0.25) is 0 Å². The molecule has 0 unspecified atom stereocenters. The Balaban J connectivity index is 2.77. The van der Waals surface area contributed by atoms with Gasteiger partial charge in [0.25, 0.3) is 0 Å². The quantitative estimate of drug-likeness (QED) is 0.332. The summed E-state index contributed by atoms with van der Waals surface area (Å²) in [5, 5.41) is 14.1. The molecule has 0 radical (unpaired) electrons. The van der Waals surface area contributed by atoms with Crippen LogP contribution in [-0.2, 0) is 0 Å². The van der Waals surface area contributed by atoms with E-state index in [1.165, 1.54) is 10.9 Å². The predicted octanol–water partition coefficient (Wildman–Crippen LogP) is 2.55. The van der Waals surface area contributed by atoms with Crippen LogP contribution in [-0.4, -0.2) is 11.0 Å². The average Bonchev–Trinajstić information content (AvgIpc) is 2.29. The molecule has 0 aliphatic rings. The molecule has 0 atom stereocenters. The molecule has 0 aliphatic carbocycles. The first-order valence-corrected chi connectivity index (χ1v) is 5.11. The summed E-state index contributed by atoms with van der Waals surface area (Å²) in [6.07, 6.45) is 0. The summed E-state index contributed by atoms with van der Waals surface area (Å²) in [6.45, 7) is 4.03. The van der Waals surface area contributed by atoms with Gasteiger partial charge in [-0.05, 0) is 41.8 Å². The van der Waals surface area contributed by atoms with Crippen molar-refractivity contribution in [3.05, 3.63) is 47.0 Å². The first-order chi connectivity index (χ1) is 7.63. The van der Waals surface area contributed by atoms with Crippen LogP contribution in [0.3, 0.4) is 0 Å². The molecule has 0 spiro atoms. The molecular weight excluding hydrogens is 200 g/mol. The topological polar surface area (TPSA) is 58.6 Å². The van der Waals surface area contributed by atoms with E-state index in [-0.39, 0.29) is 5.84 Å². The number of fused-ring (bicyclic) bond motifs is 1. The van der Waals surface area contributed by atoms with Crippen LogP contribution in [0.15, 0.2) is 35.5 Å². The Morgan fingerprint density at radius 2 is 1.94 bits per heavy atom. The van der Waals surface area contributed by atoms with E-state index in [4.69, 9.17) is 10.9 Å². The lowest BCUT2D eigenvalue weighted by atomic mass is 9.98. The molecule has 3 N–H and O–H groups in total. The smallest absolute Gasteiger partial charge is 0.170 e. The minimum Gasteiger partial charge on any atom is -0.409 e. The highest BCUT2D eigenvalue weighted by Crippen LogP contribution is 2.22. The van der Waals surface area contributed by atoms with Gasteiger partial charge in [-0.2, -0.15) is 0 Å². The highest BCUT2D eigenvalue weighted by Gasteiger charge is 2.06. The lowest BCUT2D eigenvalue weighted by Gasteiger charge is -2.08. The number of aryl methyl sites for hydroxylation is 2. The summed E-state index contributed by atoms with van der Waals surface area (Å²) in [5.41, 5.74) is 8.64. The lowest BCUT2D eigenvalue weighted by molar-refractivity contribution is 0.318. The second kappa shape index (κ2) is 3.85. The molecule has 2 aromatic rings. The maximum absolute atomic E-state index is 8.70. The zero-order valence-electron chi connectivity index (χ0n) is 9.36. The summed E-state index contributed by atoms with van der Waals surface area (Å²) in [7, 11) is 0. The normalized spacial score (nSPS) is 12.0. The predicted molar refractivity (Wildman–Crippen MR) is 65.9 cm³/mol. The summed E-state index contributed by atoms with van der Waals surface area (Å²) in [5.74, 6) is 0.154. The van der Waals surface area contributed by atoms with E-state index < -0.39 is 0 Å². The first kappa shape index (κ1) is 10.5. The Kier molecular flexibility index (Phi) is 2.52. The van der Waals surface area contributed by atoms with E-state index in [1.807, 2.05) is 25.1 Å². The maximum atomic E-state index is 8.70. The van der Waals surface area contributed by atoms with Crippen molar-refractivity contribution in [2.24, 2.45) is 10.9 Å². The third-order valence-corrected chi connectivity index (χ3v) is 2.83. The van der Waals surface area contributed by atoms with Crippen molar-refractivity contribution in [2.75, 3.05) is 0 Å². The number of rotatable bonds is 1. The van der Waals surface area contributed by atoms with Gasteiger partial charge in [-0.25, -0.2) is 0 Å². The van der Waals surface area contributed by atoms with Crippen molar-refractivity contribution in [1.29, 1.82) is 0 Å². The largest absolute Gasteiger partial charge is 0.409 e. The molecule has 2 aromatic carbocycles. The second-order valence-corrected chi connectivity index (χ2v) is 3.95. The van der Waals surface area contributed by atoms with Crippen molar-refractivity contribution in [3.8, 4) is 0 Å². The standard InChI is InChI=1S/C13H14N2O/c1-8-4-3-5-10-7-12(13(14)15-16)9(2)6-11(8)10/h3-7,16H,1-2H3,(H2,14,15). The van der Waals surface area contributed by atoms with Gasteiger partial charge < -0.3 is 10.9 Å². The minimum atomic E-state index is 0.154. The van der Waals surface area contributed by atoms with Crippen molar-refractivity contribution in [2.45, 2.75) is 13.8 Å². The fraction of sp³-hybridized carbons (Fsp3) is 0.154. The van der Waals surface area contributed by atoms with E-state index in [2.05, 4.69) is 24.2 Å². The zero-order valence-corrected chi connectivity index (χ0v) is 9.36. The van der Waals surface area contributed by atoms with Crippen LogP contribution in [0, 0.1) is 13.8 Å². The summed E-state index contributed by atoms with van der Waals surface area (Å²) in [4.78, 5) is 0. The minimum absolute atomic E-state index is 0.154. The van der Waals surface area contributed by atoms with Gasteiger partial charge in [0, 0.05) is 5.56 Å². The summed E-state index contributed by atoms with van der Waals surface area (Å²) in [6, 6.07) is 10.1. The molecule has 0 saturated heterocycles. The van der Waals surface area contributed by atoms with Gasteiger partial charge in [0.2, 0.25) is 0 Å². The molecule has 0 aliphatic heterocycles. The SMILES string of the molecule is Cc1cc2c(C)cccc2cc1/C(N)=N/O. The highest BCUT2D eigenvalue weighted by atomic mass is 16.4. The molecule has 0 fully saturated rings. The van der Waals surface area contributed by atoms with E-state index in [9.17, 15) is 0 Å². The third-order valence-electron chi connectivity index (χ3n) is 2.83. The average molecular weight is 214 g/mol. The molecule has 0 heterocycles. The number of nitrogens with zero attached hydrogens (tertiary/aromatic N) is 1. The van der Waals surface area contributed by atoms with Gasteiger partial charge in [0.05, 0.1) is 0 Å². The van der Waals surface area contributed by atoms with Crippen molar-refractivity contribution in [1.82, 2.24) is 0 Å². The lowest BCUT2D eigenvalue weighted by Crippen LogP contribution is -2.14. The van der Waals surface area contributed by atoms with Crippen molar-refractivity contribution < 1.29 is 5.21 Å². The van der Waals surface area contributed by atoms with Crippen LogP contribution in [0.2, 0.25) is 0 Å².